The number of anilines is 1. The van der Waals surface area contributed by atoms with Crippen LogP contribution in [-0.2, 0) is 6.54 Å². The van der Waals surface area contributed by atoms with Gasteiger partial charge in [0.2, 0.25) is 0 Å². The highest BCUT2D eigenvalue weighted by atomic mass is 32.1. The summed E-state index contributed by atoms with van der Waals surface area (Å²) < 4.78 is 5.54. The lowest BCUT2D eigenvalue weighted by Gasteiger charge is -2.14. The zero-order chi connectivity index (χ0) is 14.2. The van der Waals surface area contributed by atoms with Gasteiger partial charge < -0.3 is 15.4 Å². The summed E-state index contributed by atoms with van der Waals surface area (Å²) in [6.07, 6.45) is 3.56. The maximum atomic E-state index is 5.54. The fraction of sp³-hybridized carbons (Fsp3) is 0.200. The Bertz CT molecular complexity index is 560. The fourth-order valence-corrected chi connectivity index (χ4v) is 1.88. The Morgan fingerprint density at radius 3 is 2.85 bits per heavy atom. The number of hydrogen-bond acceptors (Lipinski definition) is 3. The van der Waals surface area contributed by atoms with E-state index in [1.54, 1.807) is 6.20 Å². The molecule has 2 aromatic rings. The number of ether oxygens (including phenoxy) is 1. The summed E-state index contributed by atoms with van der Waals surface area (Å²) in [5.41, 5.74) is 1.94. The molecule has 0 saturated heterocycles. The molecule has 2 rings (SSSR count). The number of nitrogens with one attached hydrogen (secondary N) is 2. The highest BCUT2D eigenvalue weighted by molar-refractivity contribution is 7.80. The Morgan fingerprint density at radius 2 is 2.10 bits per heavy atom. The van der Waals surface area contributed by atoms with Gasteiger partial charge in [-0.3, -0.25) is 4.98 Å². The lowest BCUT2D eigenvalue weighted by atomic mass is 10.3. The molecule has 1 aromatic carbocycles. The molecule has 20 heavy (non-hydrogen) atoms. The number of para-hydroxylation sites is 2. The zero-order valence-corrected chi connectivity index (χ0v) is 12.1. The molecule has 0 atom stereocenters. The average Bonchev–Trinajstić information content (AvgIpc) is 2.49. The second-order valence-electron chi connectivity index (χ2n) is 4.10. The van der Waals surface area contributed by atoms with E-state index >= 15 is 0 Å². The molecule has 0 unspecified atom stereocenters. The van der Waals surface area contributed by atoms with Crippen LogP contribution in [0.15, 0.2) is 48.8 Å². The highest BCUT2D eigenvalue weighted by Crippen LogP contribution is 2.23. The van der Waals surface area contributed by atoms with Gasteiger partial charge in [0, 0.05) is 18.9 Å². The van der Waals surface area contributed by atoms with Crippen LogP contribution in [0.4, 0.5) is 5.69 Å². The van der Waals surface area contributed by atoms with Gasteiger partial charge in [-0.05, 0) is 42.9 Å². The predicted molar refractivity (Wildman–Crippen MR) is 84.9 cm³/mol. The number of hydrogen-bond donors (Lipinski definition) is 2. The van der Waals surface area contributed by atoms with Crippen LogP contribution in [0.2, 0.25) is 0 Å². The number of pyridine rings is 1. The van der Waals surface area contributed by atoms with Crippen molar-refractivity contribution in [1.82, 2.24) is 10.3 Å². The van der Waals surface area contributed by atoms with E-state index in [4.69, 9.17) is 17.0 Å². The summed E-state index contributed by atoms with van der Waals surface area (Å²) in [7, 11) is 0. The van der Waals surface area contributed by atoms with Gasteiger partial charge in [0.25, 0.3) is 0 Å². The lowest BCUT2D eigenvalue weighted by Crippen LogP contribution is -2.28. The maximum absolute atomic E-state index is 5.54. The largest absolute Gasteiger partial charge is 0.492 e. The second kappa shape index (κ2) is 7.45. The van der Waals surface area contributed by atoms with E-state index in [1.165, 1.54) is 0 Å². The third-order valence-electron chi connectivity index (χ3n) is 2.61. The van der Waals surface area contributed by atoms with Crippen molar-refractivity contribution >= 4 is 23.0 Å². The molecule has 0 bridgehead atoms. The summed E-state index contributed by atoms with van der Waals surface area (Å²) in [6.45, 7) is 3.21. The van der Waals surface area contributed by atoms with E-state index in [1.807, 2.05) is 49.5 Å². The number of aromatic nitrogens is 1. The number of thiocarbonyl (C=S) groups is 1. The van der Waals surface area contributed by atoms with E-state index in [0.717, 1.165) is 17.0 Å². The van der Waals surface area contributed by atoms with Crippen LogP contribution in [0.1, 0.15) is 12.5 Å². The van der Waals surface area contributed by atoms with Crippen molar-refractivity contribution in [2.24, 2.45) is 0 Å². The lowest BCUT2D eigenvalue weighted by molar-refractivity contribution is 0.342. The molecule has 2 N–H and O–H groups in total. The van der Waals surface area contributed by atoms with E-state index < -0.39 is 0 Å². The highest BCUT2D eigenvalue weighted by Gasteiger charge is 2.04. The minimum atomic E-state index is 0.556. The molecule has 1 aromatic heterocycles. The molecule has 0 radical (unpaired) electrons. The van der Waals surface area contributed by atoms with Crippen LogP contribution in [-0.4, -0.2) is 16.7 Å². The van der Waals surface area contributed by atoms with Crippen molar-refractivity contribution in [2.45, 2.75) is 13.5 Å². The standard InChI is InChI=1S/C15H17N3OS/c1-2-19-14-8-4-3-7-13(14)18-15(20)17-11-12-6-5-9-16-10-12/h3-10H,2,11H2,1H3,(H2,17,18,20). The Balaban J connectivity index is 1.91. The average molecular weight is 287 g/mol. The van der Waals surface area contributed by atoms with Crippen molar-refractivity contribution in [3.63, 3.8) is 0 Å². The molecule has 0 aliphatic rings. The molecule has 5 heteroatoms. The van der Waals surface area contributed by atoms with Crippen LogP contribution in [0.5, 0.6) is 5.75 Å². The Kier molecular flexibility index (Phi) is 5.32. The van der Waals surface area contributed by atoms with Crippen LogP contribution in [0.3, 0.4) is 0 Å². The van der Waals surface area contributed by atoms with E-state index in [9.17, 15) is 0 Å². The molecule has 0 saturated carbocycles. The van der Waals surface area contributed by atoms with Gasteiger partial charge >= 0.3 is 0 Å². The van der Waals surface area contributed by atoms with Crippen LogP contribution in [0, 0.1) is 0 Å². The first-order valence-electron chi connectivity index (χ1n) is 6.45. The zero-order valence-electron chi connectivity index (χ0n) is 11.3. The molecule has 0 fully saturated rings. The molecule has 1 heterocycles. The van der Waals surface area contributed by atoms with E-state index in [2.05, 4.69) is 15.6 Å². The Hall–Kier alpha value is -2.14. The van der Waals surface area contributed by atoms with E-state index in [0.29, 0.717) is 18.3 Å². The SMILES string of the molecule is CCOc1ccccc1NC(=S)NCc1cccnc1. The fourth-order valence-electron chi connectivity index (χ4n) is 1.70. The summed E-state index contributed by atoms with van der Waals surface area (Å²) in [5, 5.41) is 6.84. The van der Waals surface area contributed by atoms with Gasteiger partial charge in [-0.25, -0.2) is 0 Å². The first-order chi connectivity index (χ1) is 9.79. The topological polar surface area (TPSA) is 46.2 Å². The molecular formula is C15H17N3OS. The van der Waals surface area contributed by atoms with Crippen LogP contribution < -0.4 is 15.4 Å². The molecule has 0 amide bonds. The number of benzene rings is 1. The summed E-state index contributed by atoms with van der Waals surface area (Å²) in [6, 6.07) is 11.6. The van der Waals surface area contributed by atoms with Crippen molar-refractivity contribution in [1.29, 1.82) is 0 Å². The molecule has 0 aliphatic heterocycles. The van der Waals surface area contributed by atoms with Crippen LogP contribution in [0.25, 0.3) is 0 Å². The van der Waals surface area contributed by atoms with Gasteiger partial charge in [-0.15, -0.1) is 0 Å². The molecule has 0 spiro atoms. The van der Waals surface area contributed by atoms with Gasteiger partial charge in [0.15, 0.2) is 5.11 Å². The number of nitrogens with zero attached hydrogens (tertiary/aromatic N) is 1. The summed E-state index contributed by atoms with van der Waals surface area (Å²) in [5.74, 6) is 0.792. The van der Waals surface area contributed by atoms with Crippen molar-refractivity contribution < 1.29 is 4.74 Å². The minimum absolute atomic E-state index is 0.556. The van der Waals surface area contributed by atoms with Crippen molar-refractivity contribution in [3.8, 4) is 5.75 Å². The molecule has 0 aliphatic carbocycles. The summed E-state index contributed by atoms with van der Waals surface area (Å²) >= 11 is 5.28. The Morgan fingerprint density at radius 1 is 1.25 bits per heavy atom. The monoisotopic (exact) mass is 287 g/mol. The third kappa shape index (κ3) is 4.20. The molecule has 4 nitrogen and oxygen atoms in total. The molecular weight excluding hydrogens is 270 g/mol. The first-order valence-corrected chi connectivity index (χ1v) is 6.86. The van der Waals surface area contributed by atoms with Gasteiger partial charge in [-0.1, -0.05) is 18.2 Å². The summed E-state index contributed by atoms with van der Waals surface area (Å²) in [4.78, 5) is 4.06. The Labute approximate surface area is 124 Å². The van der Waals surface area contributed by atoms with Gasteiger partial charge in [0.1, 0.15) is 5.75 Å². The third-order valence-corrected chi connectivity index (χ3v) is 2.86. The van der Waals surface area contributed by atoms with Gasteiger partial charge in [0.05, 0.1) is 12.3 Å². The maximum Gasteiger partial charge on any atom is 0.171 e. The second-order valence-corrected chi connectivity index (χ2v) is 4.51. The van der Waals surface area contributed by atoms with E-state index in [-0.39, 0.29) is 0 Å². The molecule has 104 valence electrons. The smallest absolute Gasteiger partial charge is 0.171 e. The number of rotatable bonds is 5. The van der Waals surface area contributed by atoms with Crippen molar-refractivity contribution in [2.75, 3.05) is 11.9 Å². The first kappa shape index (κ1) is 14.3. The quantitative estimate of drug-likeness (QED) is 0.828. The normalized spacial score (nSPS) is 9.85. The van der Waals surface area contributed by atoms with Gasteiger partial charge in [-0.2, -0.15) is 0 Å². The van der Waals surface area contributed by atoms with Crippen LogP contribution >= 0.6 is 12.2 Å². The van der Waals surface area contributed by atoms with Crippen molar-refractivity contribution in [3.05, 3.63) is 54.4 Å². The minimum Gasteiger partial charge on any atom is -0.492 e. The predicted octanol–water partition coefficient (Wildman–Crippen LogP) is 2.97.